The molecule has 0 atom stereocenters. The molecule has 21 heavy (non-hydrogen) atoms. The molecule has 2 heterocycles. The number of ether oxygens (including phenoxy) is 1. The van der Waals surface area contributed by atoms with Crippen LogP contribution in [0.4, 0.5) is 9.39 Å². The molecule has 0 aliphatic carbocycles. The highest BCUT2D eigenvalue weighted by molar-refractivity contribution is 7.16. The van der Waals surface area contributed by atoms with Gasteiger partial charge in [0.25, 0.3) is 5.91 Å². The van der Waals surface area contributed by atoms with Gasteiger partial charge < -0.3 is 10.1 Å². The van der Waals surface area contributed by atoms with Gasteiger partial charge >= 0.3 is 5.97 Å². The molecule has 2 aromatic heterocycles. The molecule has 0 fully saturated rings. The molecule has 0 aliphatic heterocycles. The van der Waals surface area contributed by atoms with Gasteiger partial charge in [0.2, 0.25) is 5.95 Å². The molecule has 2 aromatic rings. The minimum Gasteiger partial charge on any atom is -0.465 e. The summed E-state index contributed by atoms with van der Waals surface area (Å²) in [5, 5.41) is 2.95. The fourth-order valence-electron chi connectivity index (χ4n) is 1.76. The quantitative estimate of drug-likeness (QED) is 0.699. The number of halogens is 1. The van der Waals surface area contributed by atoms with Crippen molar-refractivity contribution in [2.24, 2.45) is 0 Å². The number of nitrogens with zero attached hydrogens (tertiary/aromatic N) is 1. The average Bonchev–Trinajstić information content (AvgIpc) is 2.73. The number of rotatable bonds is 3. The molecule has 0 aromatic carbocycles. The summed E-state index contributed by atoms with van der Waals surface area (Å²) >= 11 is 1.26. The lowest BCUT2D eigenvalue weighted by Gasteiger charge is -2.05. The maximum absolute atomic E-state index is 13.0. The third kappa shape index (κ3) is 3.08. The van der Waals surface area contributed by atoms with E-state index < -0.39 is 17.8 Å². The van der Waals surface area contributed by atoms with E-state index in [-0.39, 0.29) is 5.69 Å². The van der Waals surface area contributed by atoms with Gasteiger partial charge in [0.1, 0.15) is 10.7 Å². The van der Waals surface area contributed by atoms with E-state index in [1.165, 1.54) is 30.6 Å². The van der Waals surface area contributed by atoms with Gasteiger partial charge in [-0.3, -0.25) is 4.79 Å². The first-order valence-electron chi connectivity index (χ1n) is 6.06. The number of thiophene rings is 1. The Morgan fingerprint density at radius 3 is 2.67 bits per heavy atom. The third-order valence-corrected chi connectivity index (χ3v) is 4.07. The van der Waals surface area contributed by atoms with Gasteiger partial charge in [0.15, 0.2) is 0 Å². The van der Waals surface area contributed by atoms with E-state index in [9.17, 15) is 14.0 Å². The molecule has 2 rings (SSSR count). The molecule has 0 aliphatic rings. The van der Waals surface area contributed by atoms with Crippen molar-refractivity contribution in [3.63, 3.8) is 0 Å². The number of methoxy groups -OCH3 is 1. The standard InChI is InChI=1S/C14H13FN2O3S/c1-7-8(2)21-13(11(7)14(19)20-3)17-12(18)9-5-4-6-10(15)16-9/h4-6H,1-3H3,(H,17,18). The van der Waals surface area contributed by atoms with Crippen LogP contribution in [0.1, 0.15) is 31.3 Å². The van der Waals surface area contributed by atoms with Crippen molar-refractivity contribution in [1.82, 2.24) is 4.98 Å². The van der Waals surface area contributed by atoms with Gasteiger partial charge in [-0.1, -0.05) is 6.07 Å². The summed E-state index contributed by atoms with van der Waals surface area (Å²) in [4.78, 5) is 28.3. The second-order valence-corrected chi connectivity index (χ2v) is 5.50. The largest absolute Gasteiger partial charge is 0.465 e. The van der Waals surface area contributed by atoms with Crippen LogP contribution in [0.5, 0.6) is 0 Å². The van der Waals surface area contributed by atoms with Crippen LogP contribution in [0.25, 0.3) is 0 Å². The van der Waals surface area contributed by atoms with E-state index in [0.29, 0.717) is 10.6 Å². The zero-order chi connectivity index (χ0) is 15.6. The predicted octanol–water partition coefficient (Wildman–Crippen LogP) is 2.94. The molecule has 1 N–H and O–H groups in total. The monoisotopic (exact) mass is 308 g/mol. The minimum absolute atomic E-state index is 0.0606. The van der Waals surface area contributed by atoms with E-state index in [1.54, 1.807) is 6.92 Å². The number of amides is 1. The van der Waals surface area contributed by atoms with E-state index >= 15 is 0 Å². The molecule has 0 bridgehead atoms. The number of hydrogen-bond acceptors (Lipinski definition) is 5. The van der Waals surface area contributed by atoms with Crippen molar-refractivity contribution in [2.45, 2.75) is 13.8 Å². The molecule has 0 unspecified atom stereocenters. The van der Waals surface area contributed by atoms with E-state index in [2.05, 4.69) is 10.3 Å². The van der Waals surface area contributed by atoms with Crippen LogP contribution in [-0.2, 0) is 4.74 Å². The normalized spacial score (nSPS) is 10.3. The topological polar surface area (TPSA) is 68.3 Å². The number of hydrogen-bond donors (Lipinski definition) is 1. The van der Waals surface area contributed by atoms with Crippen molar-refractivity contribution < 1.29 is 18.7 Å². The van der Waals surface area contributed by atoms with Gasteiger partial charge in [0, 0.05) is 4.88 Å². The molecule has 0 saturated heterocycles. The second kappa shape index (κ2) is 6.01. The lowest BCUT2D eigenvalue weighted by atomic mass is 10.1. The zero-order valence-corrected chi connectivity index (χ0v) is 12.5. The first-order chi connectivity index (χ1) is 9.93. The molecule has 1 amide bonds. The Kier molecular flexibility index (Phi) is 4.32. The first kappa shape index (κ1) is 15.1. The van der Waals surface area contributed by atoms with Gasteiger partial charge in [-0.15, -0.1) is 11.3 Å². The van der Waals surface area contributed by atoms with Crippen LogP contribution in [0.2, 0.25) is 0 Å². The first-order valence-corrected chi connectivity index (χ1v) is 6.88. The highest BCUT2D eigenvalue weighted by Gasteiger charge is 2.22. The van der Waals surface area contributed by atoms with Crippen LogP contribution in [-0.4, -0.2) is 24.0 Å². The number of pyridine rings is 1. The van der Waals surface area contributed by atoms with Crippen LogP contribution in [0, 0.1) is 19.8 Å². The van der Waals surface area contributed by atoms with E-state index in [0.717, 1.165) is 16.5 Å². The number of esters is 1. The number of anilines is 1. The number of carbonyl (C=O) groups is 2. The SMILES string of the molecule is COC(=O)c1c(NC(=O)c2cccc(F)n2)sc(C)c1C. The lowest BCUT2D eigenvalue weighted by molar-refractivity contribution is 0.0601. The summed E-state index contributed by atoms with van der Waals surface area (Å²) in [7, 11) is 1.27. The predicted molar refractivity (Wildman–Crippen MR) is 77.3 cm³/mol. The summed E-state index contributed by atoms with van der Waals surface area (Å²) < 4.78 is 17.8. The van der Waals surface area contributed by atoms with Gasteiger partial charge in [0.05, 0.1) is 12.7 Å². The Bertz CT molecular complexity index is 712. The Morgan fingerprint density at radius 2 is 2.05 bits per heavy atom. The highest BCUT2D eigenvalue weighted by Crippen LogP contribution is 2.33. The van der Waals surface area contributed by atoms with Crippen molar-refractivity contribution in [1.29, 1.82) is 0 Å². The second-order valence-electron chi connectivity index (χ2n) is 4.28. The molecule has 0 saturated carbocycles. The molecule has 7 heteroatoms. The zero-order valence-electron chi connectivity index (χ0n) is 11.7. The Morgan fingerprint density at radius 1 is 1.33 bits per heavy atom. The van der Waals surface area contributed by atoms with Crippen molar-refractivity contribution in [3.8, 4) is 0 Å². The van der Waals surface area contributed by atoms with Crippen molar-refractivity contribution in [3.05, 3.63) is 45.8 Å². The summed E-state index contributed by atoms with van der Waals surface area (Å²) in [5.74, 6) is -1.85. The van der Waals surface area contributed by atoms with E-state index in [4.69, 9.17) is 4.74 Å². The van der Waals surface area contributed by atoms with Crippen LogP contribution in [0.15, 0.2) is 18.2 Å². The Hall–Kier alpha value is -2.28. The number of aryl methyl sites for hydroxylation is 1. The van der Waals surface area contributed by atoms with Gasteiger partial charge in [-0.2, -0.15) is 4.39 Å². The molecule has 0 spiro atoms. The Balaban J connectivity index is 2.34. The highest BCUT2D eigenvalue weighted by atomic mass is 32.1. The average molecular weight is 308 g/mol. The third-order valence-electron chi connectivity index (χ3n) is 2.95. The molecule has 0 radical (unpaired) electrons. The van der Waals surface area contributed by atoms with Gasteiger partial charge in [-0.25, -0.2) is 9.78 Å². The summed E-state index contributed by atoms with van der Waals surface area (Å²) in [6.07, 6.45) is 0. The van der Waals surface area contributed by atoms with Gasteiger partial charge in [-0.05, 0) is 31.5 Å². The molecule has 110 valence electrons. The lowest BCUT2D eigenvalue weighted by Crippen LogP contribution is -2.16. The molecular weight excluding hydrogens is 295 g/mol. The number of carbonyl (C=O) groups excluding carboxylic acids is 2. The Labute approximate surface area is 124 Å². The van der Waals surface area contributed by atoms with E-state index in [1.807, 2.05) is 6.92 Å². The minimum atomic E-state index is -0.741. The smallest absolute Gasteiger partial charge is 0.341 e. The van der Waals surface area contributed by atoms with Crippen LogP contribution < -0.4 is 5.32 Å². The fraction of sp³-hybridized carbons (Fsp3) is 0.214. The number of aromatic nitrogens is 1. The maximum Gasteiger partial charge on any atom is 0.341 e. The van der Waals surface area contributed by atoms with Crippen LogP contribution in [0.3, 0.4) is 0 Å². The summed E-state index contributed by atoms with van der Waals surface area (Å²) in [6.45, 7) is 3.61. The summed E-state index contributed by atoms with van der Waals surface area (Å²) in [6, 6.07) is 3.93. The maximum atomic E-state index is 13.0. The van der Waals surface area contributed by atoms with Crippen LogP contribution >= 0.6 is 11.3 Å². The fourth-order valence-corrected chi connectivity index (χ4v) is 2.81. The van der Waals surface area contributed by atoms with Crippen molar-refractivity contribution in [2.75, 3.05) is 12.4 Å². The molecule has 5 nitrogen and oxygen atoms in total. The number of nitrogens with one attached hydrogen (secondary N) is 1. The van der Waals surface area contributed by atoms with Crippen molar-refractivity contribution >= 4 is 28.2 Å². The summed E-state index contributed by atoms with van der Waals surface area (Å²) in [5.41, 5.74) is 0.994. The molecular formula is C14H13FN2O3S.